The van der Waals surface area contributed by atoms with Gasteiger partial charge in [-0.15, -0.1) is 0 Å². The number of amides is 1. The van der Waals surface area contributed by atoms with E-state index in [9.17, 15) is 9.59 Å². The number of nitrogens with zero attached hydrogens (tertiary/aromatic N) is 1. The molecule has 0 spiro atoms. The number of benzene rings is 1. The normalized spacial score (nSPS) is 10.9. The topological polar surface area (TPSA) is 51.1 Å². The third kappa shape index (κ3) is 4.00. The van der Waals surface area contributed by atoms with Crippen LogP contribution in [0.15, 0.2) is 23.0 Å². The molecule has 0 bridgehead atoms. The van der Waals surface area contributed by atoms with Crippen LogP contribution in [-0.4, -0.2) is 10.5 Å². The van der Waals surface area contributed by atoms with Gasteiger partial charge in [0, 0.05) is 29.7 Å². The summed E-state index contributed by atoms with van der Waals surface area (Å²) in [6.07, 6.45) is 3.87. The van der Waals surface area contributed by atoms with Crippen LogP contribution in [0.4, 0.5) is 5.69 Å². The second-order valence-electron chi connectivity index (χ2n) is 6.99. The highest BCUT2D eigenvalue weighted by Gasteiger charge is 2.23. The Morgan fingerprint density at radius 3 is 2.11 bits per heavy atom. The van der Waals surface area contributed by atoms with Crippen LogP contribution in [0.5, 0.6) is 0 Å². The molecule has 2 rings (SSSR count). The van der Waals surface area contributed by atoms with E-state index in [1.807, 2.05) is 43.7 Å². The maximum Gasteiger partial charge on any atom is 0.261 e. The number of para-hydroxylation sites is 1. The fourth-order valence-electron chi connectivity index (χ4n) is 3.78. The predicted molar refractivity (Wildman–Crippen MR) is 113 cm³/mol. The number of anilines is 1. The maximum atomic E-state index is 13.3. The van der Waals surface area contributed by atoms with Crippen LogP contribution in [-0.2, 0) is 32.7 Å². The van der Waals surface area contributed by atoms with Crippen molar-refractivity contribution in [2.24, 2.45) is 7.05 Å². The standard InChI is InChI=1S/C23H32N2O2/c1-7-12-19-20(22(26)18(10-4)15(5)25(19)6)23(27)24-21-16(8-2)13-11-14-17(21)9-3/h11,13-14H,7-10,12H2,1-6H3,(H,24,27). The van der Waals surface area contributed by atoms with Crippen molar-refractivity contribution in [1.29, 1.82) is 0 Å². The zero-order chi connectivity index (χ0) is 20.1. The Kier molecular flexibility index (Phi) is 7.00. The van der Waals surface area contributed by atoms with Gasteiger partial charge in [-0.2, -0.15) is 0 Å². The Hall–Kier alpha value is -2.36. The quantitative estimate of drug-likeness (QED) is 0.777. The lowest BCUT2D eigenvalue weighted by atomic mass is 9.99. The monoisotopic (exact) mass is 368 g/mol. The molecule has 146 valence electrons. The van der Waals surface area contributed by atoms with Gasteiger partial charge < -0.3 is 9.88 Å². The Bertz CT molecular complexity index is 872. The molecular formula is C23H32N2O2. The Balaban J connectivity index is 2.64. The van der Waals surface area contributed by atoms with Crippen LogP contribution in [0.3, 0.4) is 0 Å². The SMILES string of the molecule is CCCc1c(C(=O)Nc2c(CC)cccc2CC)c(=O)c(CC)c(C)n1C. The molecule has 0 aliphatic heterocycles. The summed E-state index contributed by atoms with van der Waals surface area (Å²) in [5.41, 5.74) is 5.72. The van der Waals surface area contributed by atoms with Crippen LogP contribution in [0.2, 0.25) is 0 Å². The van der Waals surface area contributed by atoms with Crippen LogP contribution in [0.25, 0.3) is 0 Å². The lowest BCUT2D eigenvalue weighted by Gasteiger charge is -2.20. The van der Waals surface area contributed by atoms with Crippen molar-refractivity contribution < 1.29 is 4.79 Å². The summed E-state index contributed by atoms with van der Waals surface area (Å²) in [6, 6.07) is 6.09. The van der Waals surface area contributed by atoms with Gasteiger partial charge in [-0.1, -0.05) is 52.3 Å². The number of carbonyl (C=O) groups excluding carboxylic acids is 1. The number of hydrogen-bond donors (Lipinski definition) is 1. The van der Waals surface area contributed by atoms with Gasteiger partial charge >= 0.3 is 0 Å². The Morgan fingerprint density at radius 2 is 1.63 bits per heavy atom. The molecule has 1 aromatic carbocycles. The molecule has 1 aromatic heterocycles. The molecule has 0 unspecified atom stereocenters. The first-order chi connectivity index (χ1) is 12.9. The molecule has 4 nitrogen and oxygen atoms in total. The van der Waals surface area contributed by atoms with E-state index in [0.29, 0.717) is 18.4 Å². The van der Waals surface area contributed by atoms with E-state index in [0.717, 1.165) is 53.0 Å². The van der Waals surface area contributed by atoms with Crippen molar-refractivity contribution in [3.63, 3.8) is 0 Å². The minimum Gasteiger partial charge on any atom is -0.351 e. The second-order valence-corrected chi connectivity index (χ2v) is 6.99. The minimum absolute atomic E-state index is 0.124. The van der Waals surface area contributed by atoms with Gasteiger partial charge in [-0.05, 0) is 43.7 Å². The molecule has 0 aliphatic carbocycles. The summed E-state index contributed by atoms with van der Waals surface area (Å²) in [6.45, 7) is 10.1. The summed E-state index contributed by atoms with van der Waals surface area (Å²) in [5, 5.41) is 3.08. The predicted octanol–water partition coefficient (Wildman–Crippen LogP) is 4.59. The average Bonchev–Trinajstić information content (AvgIpc) is 2.66. The first-order valence-corrected chi connectivity index (χ1v) is 10.0. The van der Waals surface area contributed by atoms with Crippen molar-refractivity contribution in [2.45, 2.75) is 66.7 Å². The molecule has 27 heavy (non-hydrogen) atoms. The van der Waals surface area contributed by atoms with Gasteiger partial charge in [0.2, 0.25) is 0 Å². The van der Waals surface area contributed by atoms with E-state index < -0.39 is 0 Å². The molecular weight excluding hydrogens is 336 g/mol. The van der Waals surface area contributed by atoms with Gasteiger partial charge in [0.25, 0.3) is 5.91 Å². The van der Waals surface area contributed by atoms with Gasteiger partial charge in [0.15, 0.2) is 5.43 Å². The van der Waals surface area contributed by atoms with Crippen molar-refractivity contribution in [1.82, 2.24) is 4.57 Å². The molecule has 0 fully saturated rings. The second kappa shape index (κ2) is 9.03. The van der Waals surface area contributed by atoms with Gasteiger partial charge in [-0.3, -0.25) is 9.59 Å². The first-order valence-electron chi connectivity index (χ1n) is 10.0. The number of aromatic nitrogens is 1. The molecule has 4 heteroatoms. The van der Waals surface area contributed by atoms with Gasteiger partial charge in [-0.25, -0.2) is 0 Å². The van der Waals surface area contributed by atoms with E-state index in [-0.39, 0.29) is 11.3 Å². The number of aryl methyl sites for hydroxylation is 2. The Morgan fingerprint density at radius 1 is 1.04 bits per heavy atom. The van der Waals surface area contributed by atoms with E-state index in [1.165, 1.54) is 0 Å². The molecule has 0 atom stereocenters. The Labute approximate surface area is 162 Å². The fraction of sp³-hybridized carbons (Fsp3) is 0.478. The molecule has 1 heterocycles. The third-order valence-electron chi connectivity index (χ3n) is 5.44. The fourth-order valence-corrected chi connectivity index (χ4v) is 3.78. The largest absolute Gasteiger partial charge is 0.351 e. The van der Waals surface area contributed by atoms with E-state index >= 15 is 0 Å². The van der Waals surface area contributed by atoms with E-state index in [1.54, 1.807) is 0 Å². The highest BCUT2D eigenvalue weighted by molar-refractivity contribution is 6.06. The lowest BCUT2D eigenvalue weighted by molar-refractivity contribution is 0.102. The zero-order valence-corrected chi connectivity index (χ0v) is 17.5. The number of hydrogen-bond acceptors (Lipinski definition) is 2. The highest BCUT2D eigenvalue weighted by atomic mass is 16.2. The van der Waals surface area contributed by atoms with Crippen LogP contribution >= 0.6 is 0 Å². The summed E-state index contributed by atoms with van der Waals surface area (Å²) in [4.78, 5) is 26.4. The third-order valence-corrected chi connectivity index (χ3v) is 5.44. The highest BCUT2D eigenvalue weighted by Crippen LogP contribution is 2.24. The van der Waals surface area contributed by atoms with Crippen molar-refractivity contribution >= 4 is 11.6 Å². The number of rotatable bonds is 7. The summed E-state index contributed by atoms with van der Waals surface area (Å²) < 4.78 is 2.02. The maximum absolute atomic E-state index is 13.3. The zero-order valence-electron chi connectivity index (χ0n) is 17.5. The minimum atomic E-state index is -0.288. The molecule has 0 saturated heterocycles. The van der Waals surface area contributed by atoms with E-state index in [4.69, 9.17) is 0 Å². The van der Waals surface area contributed by atoms with Crippen molar-refractivity contribution in [3.8, 4) is 0 Å². The van der Waals surface area contributed by atoms with Crippen LogP contribution < -0.4 is 10.7 Å². The molecule has 0 radical (unpaired) electrons. The van der Waals surface area contributed by atoms with Crippen molar-refractivity contribution in [2.75, 3.05) is 5.32 Å². The lowest BCUT2D eigenvalue weighted by Crippen LogP contribution is -2.31. The molecule has 1 N–H and O–H groups in total. The van der Waals surface area contributed by atoms with Crippen LogP contribution in [0.1, 0.15) is 72.6 Å². The van der Waals surface area contributed by atoms with Gasteiger partial charge in [0.05, 0.1) is 0 Å². The van der Waals surface area contributed by atoms with Crippen molar-refractivity contribution in [3.05, 3.63) is 62.1 Å². The van der Waals surface area contributed by atoms with Crippen LogP contribution in [0, 0.1) is 6.92 Å². The number of nitrogens with one attached hydrogen (secondary N) is 1. The molecule has 0 aliphatic rings. The summed E-state index contributed by atoms with van der Waals surface area (Å²) in [7, 11) is 1.95. The average molecular weight is 369 g/mol. The van der Waals surface area contributed by atoms with E-state index in [2.05, 4.69) is 26.1 Å². The number of carbonyl (C=O) groups is 1. The molecule has 0 saturated carbocycles. The summed E-state index contributed by atoms with van der Waals surface area (Å²) >= 11 is 0. The molecule has 2 aromatic rings. The molecule has 1 amide bonds. The smallest absolute Gasteiger partial charge is 0.261 e. The number of pyridine rings is 1. The van der Waals surface area contributed by atoms with Gasteiger partial charge in [0.1, 0.15) is 5.56 Å². The first kappa shape index (κ1) is 20.9. The summed E-state index contributed by atoms with van der Waals surface area (Å²) in [5.74, 6) is -0.288.